The highest BCUT2D eigenvalue weighted by molar-refractivity contribution is 7.03. The molecule has 0 radical (unpaired) electrons. The second-order valence-electron chi connectivity index (χ2n) is 3.70. The van der Waals surface area contributed by atoms with Gasteiger partial charge in [-0.3, -0.25) is 4.79 Å². The number of aromatic nitrogens is 2. The Balaban J connectivity index is 2.09. The summed E-state index contributed by atoms with van der Waals surface area (Å²) in [7, 11) is 0. The Hall–Kier alpha value is -1.50. The maximum atomic E-state index is 12.0. The molecule has 0 bridgehead atoms. The summed E-state index contributed by atoms with van der Waals surface area (Å²) in [5.74, 6) is -0.573. The summed E-state index contributed by atoms with van der Waals surface area (Å²) in [6.45, 7) is 2.65. The third-order valence-corrected chi connectivity index (χ3v) is 3.16. The van der Waals surface area contributed by atoms with Crippen molar-refractivity contribution >= 4 is 23.4 Å². The van der Waals surface area contributed by atoms with Crippen LogP contribution in [0.25, 0.3) is 0 Å². The Morgan fingerprint density at radius 1 is 1.65 bits per heavy atom. The van der Waals surface area contributed by atoms with Crippen LogP contribution in [0.2, 0.25) is 0 Å². The van der Waals surface area contributed by atoms with Gasteiger partial charge in [0.15, 0.2) is 5.69 Å². The fourth-order valence-corrected chi connectivity index (χ4v) is 2.33. The van der Waals surface area contributed by atoms with Gasteiger partial charge < -0.3 is 9.64 Å². The molecule has 2 rings (SSSR count). The summed E-state index contributed by atoms with van der Waals surface area (Å²) in [6.07, 6.45) is 1.47. The van der Waals surface area contributed by atoms with Crippen molar-refractivity contribution in [2.75, 3.05) is 13.2 Å². The van der Waals surface area contributed by atoms with Crippen LogP contribution in [-0.2, 0) is 9.53 Å². The summed E-state index contributed by atoms with van der Waals surface area (Å²) < 4.78 is 8.61. The van der Waals surface area contributed by atoms with Crippen molar-refractivity contribution in [1.29, 1.82) is 0 Å². The molecule has 1 fully saturated rings. The first kappa shape index (κ1) is 12.0. The van der Waals surface area contributed by atoms with Crippen LogP contribution >= 0.6 is 11.5 Å². The zero-order valence-corrected chi connectivity index (χ0v) is 10.3. The number of carbonyl (C=O) groups excluding carboxylic acids is 2. The molecule has 1 aromatic rings. The molecule has 1 unspecified atom stereocenters. The van der Waals surface area contributed by atoms with E-state index in [0.29, 0.717) is 25.3 Å². The number of rotatable bonds is 3. The van der Waals surface area contributed by atoms with Gasteiger partial charge in [0.2, 0.25) is 0 Å². The van der Waals surface area contributed by atoms with Crippen LogP contribution in [-0.4, -0.2) is 45.6 Å². The average Bonchev–Trinajstić information content (AvgIpc) is 3.00. The van der Waals surface area contributed by atoms with Crippen LogP contribution in [0.1, 0.15) is 30.3 Å². The predicted molar refractivity (Wildman–Crippen MR) is 60.6 cm³/mol. The van der Waals surface area contributed by atoms with Gasteiger partial charge in [-0.1, -0.05) is 4.49 Å². The van der Waals surface area contributed by atoms with E-state index < -0.39 is 6.04 Å². The lowest BCUT2D eigenvalue weighted by molar-refractivity contribution is -0.147. The van der Waals surface area contributed by atoms with E-state index in [1.54, 1.807) is 12.3 Å². The molecule has 1 saturated heterocycles. The highest BCUT2D eigenvalue weighted by atomic mass is 32.1. The van der Waals surface area contributed by atoms with E-state index in [9.17, 15) is 9.59 Å². The molecule has 7 heteroatoms. The number of esters is 1. The molecule has 1 amide bonds. The summed E-state index contributed by atoms with van der Waals surface area (Å²) in [5, 5.41) is 5.31. The maximum absolute atomic E-state index is 12.0. The molecule has 17 heavy (non-hydrogen) atoms. The fraction of sp³-hybridized carbons (Fsp3) is 0.600. The summed E-state index contributed by atoms with van der Waals surface area (Å²) >= 11 is 1.12. The summed E-state index contributed by atoms with van der Waals surface area (Å²) in [4.78, 5) is 25.3. The molecule has 1 aromatic heterocycles. The minimum absolute atomic E-state index is 0.241. The lowest BCUT2D eigenvalue weighted by Crippen LogP contribution is -2.41. The van der Waals surface area contributed by atoms with Crippen molar-refractivity contribution in [2.45, 2.75) is 25.8 Å². The topological polar surface area (TPSA) is 72.4 Å². The number of ether oxygens (including phenoxy) is 1. The molecular weight excluding hydrogens is 242 g/mol. The Kier molecular flexibility index (Phi) is 3.68. The van der Waals surface area contributed by atoms with Crippen LogP contribution in [0, 0.1) is 0 Å². The standard InChI is InChI=1S/C10H13N3O3S/c1-2-16-10(15)8-4-3-5-13(8)9(14)7-6-17-12-11-7/h6,8H,2-5H2,1H3. The third kappa shape index (κ3) is 2.44. The van der Waals surface area contributed by atoms with Gasteiger partial charge in [-0.25, -0.2) is 4.79 Å². The number of nitrogens with zero attached hydrogens (tertiary/aromatic N) is 3. The van der Waals surface area contributed by atoms with Crippen LogP contribution in [0.3, 0.4) is 0 Å². The van der Waals surface area contributed by atoms with Crippen molar-refractivity contribution in [2.24, 2.45) is 0 Å². The molecule has 6 nitrogen and oxygen atoms in total. The van der Waals surface area contributed by atoms with Crippen molar-refractivity contribution in [1.82, 2.24) is 14.5 Å². The van der Waals surface area contributed by atoms with Crippen molar-refractivity contribution < 1.29 is 14.3 Å². The first-order valence-electron chi connectivity index (χ1n) is 5.48. The molecule has 0 N–H and O–H groups in total. The lowest BCUT2D eigenvalue weighted by atomic mass is 10.2. The van der Waals surface area contributed by atoms with Crippen molar-refractivity contribution in [3.63, 3.8) is 0 Å². The number of likely N-dealkylation sites (tertiary alicyclic amines) is 1. The predicted octanol–water partition coefficient (Wildman–Crippen LogP) is 0.706. The van der Waals surface area contributed by atoms with E-state index >= 15 is 0 Å². The van der Waals surface area contributed by atoms with Gasteiger partial charge >= 0.3 is 5.97 Å². The highest BCUT2D eigenvalue weighted by Crippen LogP contribution is 2.20. The molecular formula is C10H13N3O3S. The van der Waals surface area contributed by atoms with Gasteiger partial charge in [0.25, 0.3) is 5.91 Å². The van der Waals surface area contributed by atoms with Crippen molar-refractivity contribution in [3.8, 4) is 0 Å². The van der Waals surface area contributed by atoms with E-state index in [0.717, 1.165) is 18.0 Å². The Labute approximate surface area is 103 Å². The van der Waals surface area contributed by atoms with E-state index in [2.05, 4.69) is 9.59 Å². The van der Waals surface area contributed by atoms with Gasteiger partial charge in [0.1, 0.15) is 6.04 Å². The quantitative estimate of drug-likeness (QED) is 0.744. The van der Waals surface area contributed by atoms with Crippen molar-refractivity contribution in [3.05, 3.63) is 11.1 Å². The molecule has 0 saturated carbocycles. The number of hydrogen-bond acceptors (Lipinski definition) is 6. The van der Waals surface area contributed by atoms with E-state index in [4.69, 9.17) is 4.74 Å². The Bertz CT molecular complexity index is 407. The maximum Gasteiger partial charge on any atom is 0.328 e. The van der Waals surface area contributed by atoms with Gasteiger partial charge in [-0.05, 0) is 31.3 Å². The molecule has 92 valence electrons. The molecule has 0 aromatic carbocycles. The highest BCUT2D eigenvalue weighted by Gasteiger charge is 2.36. The normalized spacial score (nSPS) is 19.4. The van der Waals surface area contributed by atoms with E-state index in [-0.39, 0.29) is 11.9 Å². The number of hydrogen-bond donors (Lipinski definition) is 0. The van der Waals surface area contributed by atoms with Gasteiger partial charge in [-0.15, -0.1) is 5.10 Å². The van der Waals surface area contributed by atoms with Gasteiger partial charge in [-0.2, -0.15) is 0 Å². The smallest absolute Gasteiger partial charge is 0.328 e. The Morgan fingerprint density at radius 2 is 2.47 bits per heavy atom. The van der Waals surface area contributed by atoms with Crippen LogP contribution in [0.15, 0.2) is 5.38 Å². The molecule has 0 aliphatic carbocycles. The van der Waals surface area contributed by atoms with Crippen LogP contribution in [0.4, 0.5) is 0 Å². The average molecular weight is 255 g/mol. The van der Waals surface area contributed by atoms with E-state index in [1.165, 1.54) is 4.90 Å². The molecule has 1 aliphatic heterocycles. The lowest BCUT2D eigenvalue weighted by Gasteiger charge is -2.21. The van der Waals surface area contributed by atoms with E-state index in [1.807, 2.05) is 0 Å². The second kappa shape index (κ2) is 5.22. The van der Waals surface area contributed by atoms with Crippen LogP contribution in [0.5, 0.6) is 0 Å². The first-order chi connectivity index (χ1) is 8.24. The number of amides is 1. The van der Waals surface area contributed by atoms with Gasteiger partial charge in [0, 0.05) is 11.9 Å². The SMILES string of the molecule is CCOC(=O)C1CCCN1C(=O)c1csnn1. The molecule has 0 spiro atoms. The molecule has 1 atom stereocenters. The summed E-state index contributed by atoms with van der Waals surface area (Å²) in [5.41, 5.74) is 0.297. The minimum Gasteiger partial charge on any atom is -0.464 e. The number of carbonyl (C=O) groups is 2. The van der Waals surface area contributed by atoms with Gasteiger partial charge in [0.05, 0.1) is 6.61 Å². The minimum atomic E-state index is -0.468. The monoisotopic (exact) mass is 255 g/mol. The zero-order valence-electron chi connectivity index (χ0n) is 9.46. The zero-order chi connectivity index (χ0) is 12.3. The largest absolute Gasteiger partial charge is 0.464 e. The fourth-order valence-electron chi connectivity index (χ4n) is 1.90. The second-order valence-corrected chi connectivity index (χ2v) is 4.31. The third-order valence-electron chi connectivity index (χ3n) is 2.65. The van der Waals surface area contributed by atoms with Crippen LogP contribution < -0.4 is 0 Å². The molecule has 1 aliphatic rings. The Morgan fingerprint density at radius 3 is 3.12 bits per heavy atom. The first-order valence-corrected chi connectivity index (χ1v) is 6.32. The summed E-state index contributed by atoms with van der Waals surface area (Å²) in [6, 6.07) is -0.468. The molecule has 2 heterocycles.